The number of rotatable bonds is 6. The van der Waals surface area contributed by atoms with Gasteiger partial charge in [-0.25, -0.2) is 0 Å². The zero-order valence-electron chi connectivity index (χ0n) is 11.6. The molecule has 0 amide bonds. The molecule has 1 atom stereocenters. The lowest BCUT2D eigenvalue weighted by Gasteiger charge is -2.18. The number of hydrogen-bond donors (Lipinski definition) is 1. The minimum Gasteiger partial charge on any atom is -0.481 e. The summed E-state index contributed by atoms with van der Waals surface area (Å²) in [6.07, 6.45) is 2.51. The van der Waals surface area contributed by atoms with Gasteiger partial charge < -0.3 is 14.5 Å². The van der Waals surface area contributed by atoms with Crippen LogP contribution in [-0.2, 0) is 0 Å². The van der Waals surface area contributed by atoms with Gasteiger partial charge in [0.05, 0.1) is 10.6 Å². The van der Waals surface area contributed by atoms with Crippen molar-refractivity contribution in [2.45, 2.75) is 12.5 Å². The molecule has 3 rings (SSSR count). The minimum absolute atomic E-state index is 0.0364. The summed E-state index contributed by atoms with van der Waals surface area (Å²) >= 11 is 7.60. The molecule has 110 valence electrons. The van der Waals surface area contributed by atoms with Crippen molar-refractivity contribution in [2.75, 3.05) is 13.6 Å². The zero-order valence-corrected chi connectivity index (χ0v) is 13.2. The van der Waals surface area contributed by atoms with E-state index in [2.05, 4.69) is 5.32 Å². The second-order valence-corrected chi connectivity index (χ2v) is 6.48. The first-order valence-electron chi connectivity index (χ1n) is 6.80. The molecule has 0 aliphatic rings. The Kier molecular flexibility index (Phi) is 4.48. The maximum atomic E-state index is 6.21. The van der Waals surface area contributed by atoms with Gasteiger partial charge in [0.15, 0.2) is 11.3 Å². The first-order valence-corrected chi connectivity index (χ1v) is 8.00. The third-order valence-electron chi connectivity index (χ3n) is 3.28. The smallest absolute Gasteiger partial charge is 0.175 e. The van der Waals surface area contributed by atoms with Crippen molar-refractivity contribution >= 4 is 33.9 Å². The van der Waals surface area contributed by atoms with Gasteiger partial charge in [-0.1, -0.05) is 23.7 Å². The normalized spacial score (nSPS) is 12.7. The van der Waals surface area contributed by atoms with Crippen molar-refractivity contribution in [1.82, 2.24) is 5.32 Å². The number of fused-ring (bicyclic) bond motifs is 1. The van der Waals surface area contributed by atoms with E-state index >= 15 is 0 Å². The Bertz CT molecular complexity index is 722. The fourth-order valence-electron chi connectivity index (χ4n) is 2.25. The molecule has 0 aliphatic carbocycles. The molecule has 0 saturated heterocycles. The summed E-state index contributed by atoms with van der Waals surface area (Å²) in [7, 11) is 1.94. The van der Waals surface area contributed by atoms with Crippen molar-refractivity contribution in [1.29, 1.82) is 0 Å². The summed E-state index contributed by atoms with van der Waals surface area (Å²) in [6.45, 7) is 0.869. The van der Waals surface area contributed by atoms with Crippen LogP contribution in [0.15, 0.2) is 47.1 Å². The van der Waals surface area contributed by atoms with Gasteiger partial charge in [-0.05, 0) is 37.9 Å². The summed E-state index contributed by atoms with van der Waals surface area (Å²) in [6, 6.07) is 11.8. The number of benzene rings is 1. The fourth-order valence-corrected chi connectivity index (χ4v) is 3.37. The van der Waals surface area contributed by atoms with E-state index in [1.54, 1.807) is 17.6 Å². The summed E-state index contributed by atoms with van der Waals surface area (Å²) in [5.41, 5.74) is 0.787. The average molecular weight is 322 g/mol. The van der Waals surface area contributed by atoms with Crippen molar-refractivity contribution < 1.29 is 9.15 Å². The van der Waals surface area contributed by atoms with Crippen LogP contribution >= 0.6 is 22.9 Å². The molecule has 0 unspecified atom stereocenters. The molecule has 0 saturated carbocycles. The maximum absolute atomic E-state index is 6.21. The average Bonchev–Trinajstić information content (AvgIpc) is 3.12. The van der Waals surface area contributed by atoms with Crippen LogP contribution < -0.4 is 10.1 Å². The van der Waals surface area contributed by atoms with Crippen LogP contribution in [-0.4, -0.2) is 13.6 Å². The Morgan fingerprint density at radius 2 is 2.19 bits per heavy atom. The molecule has 1 aromatic carbocycles. The van der Waals surface area contributed by atoms with E-state index in [0.29, 0.717) is 0 Å². The Hall–Kier alpha value is -1.49. The highest BCUT2D eigenvalue weighted by Gasteiger charge is 2.17. The van der Waals surface area contributed by atoms with E-state index in [0.717, 1.165) is 38.9 Å². The molecular formula is C16H16ClNO2S. The van der Waals surface area contributed by atoms with Crippen molar-refractivity contribution in [3.63, 3.8) is 0 Å². The number of ether oxygens (including phenoxy) is 1. The van der Waals surface area contributed by atoms with Crippen molar-refractivity contribution in [2.24, 2.45) is 0 Å². The van der Waals surface area contributed by atoms with Crippen LogP contribution in [0.4, 0.5) is 0 Å². The van der Waals surface area contributed by atoms with Gasteiger partial charge in [0.25, 0.3) is 0 Å². The van der Waals surface area contributed by atoms with Gasteiger partial charge in [0.2, 0.25) is 0 Å². The minimum atomic E-state index is -0.0364. The highest BCUT2D eigenvalue weighted by molar-refractivity contribution is 7.16. The summed E-state index contributed by atoms with van der Waals surface area (Å²) < 4.78 is 12.5. The molecule has 21 heavy (non-hydrogen) atoms. The lowest BCUT2D eigenvalue weighted by Crippen LogP contribution is -2.15. The molecule has 3 nitrogen and oxygen atoms in total. The molecule has 1 N–H and O–H groups in total. The molecule has 2 heterocycles. The van der Waals surface area contributed by atoms with E-state index in [1.807, 2.05) is 43.4 Å². The molecule has 0 aliphatic heterocycles. The number of para-hydroxylation sites is 1. The summed E-state index contributed by atoms with van der Waals surface area (Å²) in [5, 5.41) is 4.21. The number of thiophene rings is 1. The molecular weight excluding hydrogens is 306 g/mol. The molecule has 5 heteroatoms. The quantitative estimate of drug-likeness (QED) is 0.702. The maximum Gasteiger partial charge on any atom is 0.175 e. The van der Waals surface area contributed by atoms with Crippen LogP contribution in [0, 0.1) is 0 Å². The van der Waals surface area contributed by atoms with Gasteiger partial charge in [-0.3, -0.25) is 0 Å². The molecule has 0 bridgehead atoms. The predicted molar refractivity (Wildman–Crippen MR) is 87.5 cm³/mol. The van der Waals surface area contributed by atoms with Gasteiger partial charge >= 0.3 is 0 Å². The fraction of sp³-hybridized carbons (Fsp3) is 0.250. The molecule has 2 aromatic heterocycles. The number of halogens is 1. The van der Waals surface area contributed by atoms with Crippen LogP contribution in [0.25, 0.3) is 11.0 Å². The van der Waals surface area contributed by atoms with Crippen LogP contribution in [0.2, 0.25) is 4.34 Å². The lowest BCUT2D eigenvalue weighted by molar-refractivity contribution is 0.199. The van der Waals surface area contributed by atoms with Gasteiger partial charge in [0.1, 0.15) is 6.10 Å². The Balaban J connectivity index is 1.88. The molecule has 3 aromatic rings. The zero-order chi connectivity index (χ0) is 14.7. The highest BCUT2D eigenvalue weighted by Crippen LogP contribution is 2.35. The molecule has 0 spiro atoms. The van der Waals surface area contributed by atoms with Gasteiger partial charge in [-0.2, -0.15) is 0 Å². The van der Waals surface area contributed by atoms with Crippen LogP contribution in [0.5, 0.6) is 5.75 Å². The third kappa shape index (κ3) is 3.23. The Morgan fingerprint density at radius 1 is 1.29 bits per heavy atom. The third-order valence-corrected chi connectivity index (χ3v) is 4.60. The van der Waals surface area contributed by atoms with E-state index in [9.17, 15) is 0 Å². The Labute approximate surface area is 132 Å². The van der Waals surface area contributed by atoms with E-state index < -0.39 is 0 Å². The summed E-state index contributed by atoms with van der Waals surface area (Å²) in [4.78, 5) is 1.12. The van der Waals surface area contributed by atoms with Gasteiger partial charge in [0, 0.05) is 16.7 Å². The second-order valence-electron chi connectivity index (χ2n) is 4.74. The summed E-state index contributed by atoms with van der Waals surface area (Å²) in [5.74, 6) is 0.767. The van der Waals surface area contributed by atoms with Crippen molar-refractivity contribution in [3.05, 3.63) is 51.9 Å². The SMILES string of the molecule is CNCC[C@@H](Oc1cccc2ccoc12)c1ccc(Cl)s1. The van der Waals surface area contributed by atoms with E-state index in [1.165, 1.54) is 0 Å². The molecule has 0 fully saturated rings. The first-order chi connectivity index (χ1) is 10.3. The molecule has 0 radical (unpaired) electrons. The highest BCUT2D eigenvalue weighted by atomic mass is 35.5. The Morgan fingerprint density at radius 3 is 2.95 bits per heavy atom. The second kappa shape index (κ2) is 6.52. The van der Waals surface area contributed by atoms with Gasteiger partial charge in [-0.15, -0.1) is 11.3 Å². The number of nitrogens with one attached hydrogen (secondary N) is 1. The van der Waals surface area contributed by atoms with Crippen LogP contribution in [0.3, 0.4) is 0 Å². The number of hydrogen-bond acceptors (Lipinski definition) is 4. The standard InChI is InChI=1S/C16H16ClNO2S/c1-18-9-7-12(14-5-6-15(17)21-14)20-13-4-2-3-11-8-10-19-16(11)13/h2-6,8,10,12,18H,7,9H2,1H3/t12-/m1/s1. The van der Waals surface area contributed by atoms with E-state index in [4.69, 9.17) is 20.8 Å². The largest absolute Gasteiger partial charge is 0.481 e. The number of furan rings is 1. The predicted octanol–water partition coefficient (Wildman–Crippen LogP) is 4.88. The van der Waals surface area contributed by atoms with E-state index in [-0.39, 0.29) is 6.10 Å². The van der Waals surface area contributed by atoms with Crippen molar-refractivity contribution in [3.8, 4) is 5.75 Å². The van der Waals surface area contributed by atoms with Crippen LogP contribution in [0.1, 0.15) is 17.4 Å². The first kappa shape index (κ1) is 14.4. The monoisotopic (exact) mass is 321 g/mol. The topological polar surface area (TPSA) is 34.4 Å². The lowest BCUT2D eigenvalue weighted by atomic mass is 10.2.